The van der Waals surface area contributed by atoms with Gasteiger partial charge in [-0.3, -0.25) is 9.10 Å². The third kappa shape index (κ3) is 4.78. The number of halogens is 4. The fraction of sp³-hybridized carbons (Fsp3) is 0.160. The molecule has 0 atom stereocenters. The van der Waals surface area contributed by atoms with Gasteiger partial charge in [-0.25, -0.2) is 8.42 Å². The van der Waals surface area contributed by atoms with Crippen molar-refractivity contribution in [2.45, 2.75) is 17.5 Å². The molecule has 1 amide bonds. The van der Waals surface area contributed by atoms with E-state index in [0.29, 0.717) is 13.0 Å². The van der Waals surface area contributed by atoms with Gasteiger partial charge in [0.2, 0.25) is 0 Å². The van der Waals surface area contributed by atoms with Crippen molar-refractivity contribution in [2.75, 3.05) is 22.3 Å². The van der Waals surface area contributed by atoms with Crippen molar-refractivity contribution in [2.24, 2.45) is 0 Å². The smallest absolute Gasteiger partial charge is 0.308 e. The van der Waals surface area contributed by atoms with Crippen molar-refractivity contribution in [3.63, 3.8) is 0 Å². The predicted octanol–water partition coefficient (Wildman–Crippen LogP) is 5.94. The topological polar surface area (TPSA) is 57.7 Å². The molecule has 0 radical (unpaired) electrons. The Labute approximate surface area is 206 Å². The third-order valence-corrected chi connectivity index (χ3v) is 7.76. The van der Waals surface area contributed by atoms with Crippen LogP contribution in [-0.2, 0) is 22.6 Å². The number of fused-ring (bicyclic) bond motifs is 1. The first-order chi connectivity index (χ1) is 16.5. The summed E-state index contributed by atoms with van der Waals surface area (Å²) in [6, 6.07) is 15.1. The van der Waals surface area contributed by atoms with E-state index in [1.165, 1.54) is 29.2 Å². The minimum absolute atomic E-state index is 0.0213. The van der Waals surface area contributed by atoms with Crippen LogP contribution in [0, 0.1) is 0 Å². The number of alkyl halides is 3. The van der Waals surface area contributed by atoms with E-state index >= 15 is 0 Å². The van der Waals surface area contributed by atoms with E-state index in [-0.39, 0.29) is 27.7 Å². The molecule has 0 spiro atoms. The van der Waals surface area contributed by atoms with Gasteiger partial charge in [-0.2, -0.15) is 13.2 Å². The van der Waals surface area contributed by atoms with Crippen LogP contribution in [0.25, 0.3) is 0 Å². The van der Waals surface area contributed by atoms with Gasteiger partial charge in [-0.15, -0.1) is 6.58 Å². The highest BCUT2D eigenvalue weighted by Gasteiger charge is 2.33. The van der Waals surface area contributed by atoms with Crippen LogP contribution in [0.1, 0.15) is 21.5 Å². The molecule has 1 aliphatic heterocycles. The second-order valence-corrected chi connectivity index (χ2v) is 10.1. The van der Waals surface area contributed by atoms with Gasteiger partial charge in [0.05, 0.1) is 33.3 Å². The largest absolute Gasteiger partial charge is 0.416 e. The highest BCUT2D eigenvalue weighted by molar-refractivity contribution is 7.92. The molecule has 0 unspecified atom stereocenters. The average molecular weight is 521 g/mol. The summed E-state index contributed by atoms with van der Waals surface area (Å²) in [5.74, 6) is -0.466. The summed E-state index contributed by atoms with van der Waals surface area (Å²) in [5, 5.41) is 0.0627. The number of carbonyl (C=O) groups excluding carboxylic acids is 1. The van der Waals surface area contributed by atoms with Crippen LogP contribution in [-0.4, -0.2) is 27.4 Å². The molecule has 0 fully saturated rings. The van der Waals surface area contributed by atoms with Gasteiger partial charge in [0.1, 0.15) is 0 Å². The summed E-state index contributed by atoms with van der Waals surface area (Å²) in [5.41, 5.74) is 0.517. The van der Waals surface area contributed by atoms with Gasteiger partial charge in [0.15, 0.2) is 0 Å². The van der Waals surface area contributed by atoms with Crippen LogP contribution >= 0.6 is 11.6 Å². The molecule has 0 aliphatic carbocycles. The molecule has 35 heavy (non-hydrogen) atoms. The summed E-state index contributed by atoms with van der Waals surface area (Å²) in [4.78, 5) is 14.6. The second kappa shape index (κ2) is 9.39. The number of amides is 1. The van der Waals surface area contributed by atoms with E-state index in [2.05, 4.69) is 6.58 Å². The third-order valence-electron chi connectivity index (χ3n) is 5.64. The van der Waals surface area contributed by atoms with Gasteiger partial charge in [0.25, 0.3) is 15.9 Å². The first-order valence-electron chi connectivity index (χ1n) is 10.5. The Morgan fingerprint density at radius 1 is 1.09 bits per heavy atom. The predicted molar refractivity (Wildman–Crippen MR) is 129 cm³/mol. The number of carbonyl (C=O) groups is 1. The van der Waals surface area contributed by atoms with Crippen LogP contribution in [0.15, 0.2) is 84.3 Å². The fourth-order valence-corrected chi connectivity index (χ4v) is 5.60. The lowest BCUT2D eigenvalue weighted by atomic mass is 10.1. The molecule has 0 bridgehead atoms. The number of sulfonamides is 1. The maximum Gasteiger partial charge on any atom is 0.416 e. The van der Waals surface area contributed by atoms with Crippen LogP contribution < -0.4 is 9.21 Å². The Bertz CT molecular complexity index is 1410. The molecule has 10 heteroatoms. The molecular weight excluding hydrogens is 501 g/mol. The normalized spacial score (nSPS) is 13.4. The van der Waals surface area contributed by atoms with E-state index in [1.54, 1.807) is 12.1 Å². The summed E-state index contributed by atoms with van der Waals surface area (Å²) < 4.78 is 67.5. The number of hydrogen-bond donors (Lipinski definition) is 0. The van der Waals surface area contributed by atoms with Crippen molar-refractivity contribution in [3.05, 3.63) is 101 Å². The van der Waals surface area contributed by atoms with E-state index in [4.69, 9.17) is 11.6 Å². The SMILES string of the molecule is C=CCN(c1cccc(C(F)(F)F)c1)S(=O)(=O)c1ccc(Cl)c(C(=O)N2CCc3ccccc32)c1. The first-order valence-corrected chi connectivity index (χ1v) is 12.4. The fourth-order valence-electron chi connectivity index (χ4n) is 3.95. The highest BCUT2D eigenvalue weighted by atomic mass is 35.5. The summed E-state index contributed by atoms with van der Waals surface area (Å²) in [6.45, 7) is 3.66. The van der Waals surface area contributed by atoms with Gasteiger partial charge >= 0.3 is 6.18 Å². The van der Waals surface area contributed by atoms with Crippen molar-refractivity contribution in [1.82, 2.24) is 0 Å². The lowest BCUT2D eigenvalue weighted by Crippen LogP contribution is -2.32. The zero-order chi connectivity index (χ0) is 25.4. The van der Waals surface area contributed by atoms with Gasteiger partial charge in [-0.05, 0) is 54.4 Å². The van der Waals surface area contributed by atoms with Gasteiger partial charge in [-0.1, -0.05) is 41.9 Å². The highest BCUT2D eigenvalue weighted by Crippen LogP contribution is 2.35. The molecule has 182 valence electrons. The quantitative estimate of drug-likeness (QED) is 0.378. The maximum absolute atomic E-state index is 13.5. The summed E-state index contributed by atoms with van der Waals surface area (Å²) in [6.07, 6.45) is -2.73. The van der Waals surface area contributed by atoms with E-state index in [0.717, 1.165) is 39.8 Å². The first kappa shape index (κ1) is 24.8. The Morgan fingerprint density at radius 2 is 1.83 bits per heavy atom. The Balaban J connectivity index is 1.74. The number of hydrogen-bond acceptors (Lipinski definition) is 3. The molecule has 0 N–H and O–H groups in total. The van der Waals surface area contributed by atoms with Crippen molar-refractivity contribution in [3.8, 4) is 0 Å². The summed E-state index contributed by atoms with van der Waals surface area (Å²) >= 11 is 6.28. The standard InChI is InChI=1S/C25H20ClF3N2O3S/c1-2-13-31(19-8-5-7-18(15-19)25(27,28)29)35(33,34)20-10-11-22(26)21(16-20)24(32)30-14-12-17-6-3-4-9-23(17)30/h2-11,15-16H,1,12-14H2. The van der Waals surface area contributed by atoms with Crippen LogP contribution in [0.5, 0.6) is 0 Å². The molecule has 0 saturated heterocycles. The second-order valence-electron chi connectivity index (χ2n) is 7.85. The number of nitrogens with zero attached hydrogens (tertiary/aromatic N) is 2. The van der Waals surface area contributed by atoms with Gasteiger partial charge in [0, 0.05) is 12.2 Å². The lowest BCUT2D eigenvalue weighted by Gasteiger charge is -2.25. The monoisotopic (exact) mass is 520 g/mol. The zero-order valence-electron chi connectivity index (χ0n) is 18.3. The van der Waals surface area contributed by atoms with E-state index in [9.17, 15) is 26.4 Å². The molecular formula is C25H20ClF3N2O3S. The molecule has 4 rings (SSSR count). The molecule has 0 aromatic heterocycles. The van der Waals surface area contributed by atoms with Gasteiger partial charge < -0.3 is 4.90 Å². The molecule has 1 aliphatic rings. The molecule has 3 aromatic rings. The molecule has 0 saturated carbocycles. The van der Waals surface area contributed by atoms with Crippen LogP contribution in [0.3, 0.4) is 0 Å². The van der Waals surface area contributed by atoms with Crippen LogP contribution in [0.4, 0.5) is 24.5 Å². The summed E-state index contributed by atoms with van der Waals surface area (Å²) in [7, 11) is -4.37. The van der Waals surface area contributed by atoms with E-state index < -0.39 is 27.7 Å². The molecule has 1 heterocycles. The number of benzene rings is 3. The average Bonchev–Trinajstić information content (AvgIpc) is 3.26. The molecule has 5 nitrogen and oxygen atoms in total. The Hall–Kier alpha value is -3.30. The molecule has 3 aromatic carbocycles. The van der Waals surface area contributed by atoms with Crippen molar-refractivity contribution in [1.29, 1.82) is 0 Å². The zero-order valence-corrected chi connectivity index (χ0v) is 19.9. The lowest BCUT2D eigenvalue weighted by molar-refractivity contribution is -0.137. The van der Waals surface area contributed by atoms with Crippen molar-refractivity contribution < 1.29 is 26.4 Å². The number of anilines is 2. The van der Waals surface area contributed by atoms with E-state index in [1.807, 2.05) is 12.1 Å². The minimum Gasteiger partial charge on any atom is -0.308 e. The maximum atomic E-state index is 13.5. The van der Waals surface area contributed by atoms with Crippen LogP contribution in [0.2, 0.25) is 5.02 Å². The number of para-hydroxylation sites is 1. The minimum atomic E-state index is -4.65. The Morgan fingerprint density at radius 3 is 2.54 bits per heavy atom. The number of rotatable bonds is 6. The van der Waals surface area contributed by atoms with Crippen molar-refractivity contribution >= 4 is 38.9 Å². The Kier molecular flexibility index (Phi) is 6.66.